The lowest BCUT2D eigenvalue weighted by molar-refractivity contribution is 0.0942. The minimum Gasteiger partial charge on any atom is -0.347 e. The van der Waals surface area contributed by atoms with Crippen molar-refractivity contribution in [2.75, 3.05) is 44.6 Å². The number of halogens is 5. The fourth-order valence-corrected chi connectivity index (χ4v) is 9.12. The van der Waals surface area contributed by atoms with Crippen molar-refractivity contribution in [1.29, 1.82) is 0 Å². The Labute approximate surface area is 383 Å². The molecule has 2 aromatic carbocycles. The number of hydrogen-bond acceptors (Lipinski definition) is 11. The average Bonchev–Trinajstić information content (AvgIpc) is 3.94. The third-order valence-electron chi connectivity index (χ3n) is 10.9. The van der Waals surface area contributed by atoms with Crippen molar-refractivity contribution in [3.8, 4) is 22.5 Å². The van der Waals surface area contributed by atoms with Gasteiger partial charge in [-0.1, -0.05) is 48.3 Å². The number of nitrogens with two attached hydrogens (primary N) is 1. The predicted octanol–water partition coefficient (Wildman–Crippen LogP) is 8.83. The van der Waals surface area contributed by atoms with E-state index in [4.69, 9.17) is 28.9 Å². The van der Waals surface area contributed by atoms with E-state index in [2.05, 4.69) is 52.4 Å². The number of aromatic nitrogens is 7. The molecule has 1 fully saturated rings. The second kappa shape index (κ2) is 20.6. The number of benzene rings is 2. The number of hydrogen-bond donors (Lipinski definition) is 3. The maximum atomic E-state index is 14.9. The van der Waals surface area contributed by atoms with Gasteiger partial charge in [0.15, 0.2) is 11.6 Å². The van der Waals surface area contributed by atoms with Gasteiger partial charge in [-0.05, 0) is 81.3 Å². The first kappa shape index (κ1) is 46.6. The highest BCUT2D eigenvalue weighted by molar-refractivity contribution is 7.18. The zero-order valence-electron chi connectivity index (χ0n) is 36.0. The van der Waals surface area contributed by atoms with Gasteiger partial charge >= 0.3 is 0 Å². The Morgan fingerprint density at radius 2 is 1.69 bits per heavy atom. The summed E-state index contributed by atoms with van der Waals surface area (Å²) in [5, 5.41) is 10.5. The molecule has 7 aromatic rings. The number of fused-ring (bicyclic) bond motifs is 1. The highest BCUT2D eigenvalue weighted by atomic mass is 35.5. The summed E-state index contributed by atoms with van der Waals surface area (Å²) in [6.07, 6.45) is 4.87. The van der Waals surface area contributed by atoms with Crippen LogP contribution in [0.4, 0.5) is 24.9 Å². The number of nitrogens with zero attached hydrogens (tertiary/aromatic N) is 9. The molecule has 1 amide bonds. The van der Waals surface area contributed by atoms with Crippen LogP contribution in [-0.4, -0.2) is 95.3 Å². The Morgan fingerprint density at radius 3 is 2.34 bits per heavy atom. The Balaban J connectivity index is 0.000000201. The summed E-state index contributed by atoms with van der Waals surface area (Å²) in [7, 11) is 1.75. The van der Waals surface area contributed by atoms with Crippen molar-refractivity contribution in [2.45, 2.75) is 52.7 Å². The van der Waals surface area contributed by atoms with Crippen LogP contribution in [0, 0.1) is 24.4 Å². The van der Waals surface area contributed by atoms with E-state index >= 15 is 0 Å². The van der Waals surface area contributed by atoms with Gasteiger partial charge in [-0.2, -0.15) is 5.10 Å². The Morgan fingerprint density at radius 1 is 0.922 bits per heavy atom. The topological polar surface area (TPSA) is 148 Å². The predicted molar refractivity (Wildman–Crippen MR) is 248 cm³/mol. The van der Waals surface area contributed by atoms with E-state index in [1.54, 1.807) is 36.0 Å². The van der Waals surface area contributed by atoms with E-state index in [-0.39, 0.29) is 47.5 Å². The summed E-state index contributed by atoms with van der Waals surface area (Å²) < 4.78 is 47.0. The first-order valence-electron chi connectivity index (χ1n) is 20.8. The third-order valence-corrected chi connectivity index (χ3v) is 12.5. The molecule has 1 atom stereocenters. The third kappa shape index (κ3) is 10.9. The summed E-state index contributed by atoms with van der Waals surface area (Å²) in [4.78, 5) is 35.2. The quantitative estimate of drug-likeness (QED) is 0.103. The highest BCUT2D eigenvalue weighted by Crippen LogP contribution is 2.39. The molecule has 8 rings (SSSR count). The van der Waals surface area contributed by atoms with Gasteiger partial charge in [0.2, 0.25) is 5.95 Å². The SMILES string of the molecule is CCN1CCN(Cc2ccc(Nc3ncc(F)c(-c4cc(F)c5nc(C)n(C(C)C)c5c4)n3)nc2)CC1.Cn1ncc(Cl)c1-c1cc(C(=O)NC(CN)Cc2cccc(F)c2)sc1Cl. The van der Waals surface area contributed by atoms with Crippen LogP contribution in [0.15, 0.2) is 73.2 Å². The number of amides is 1. The summed E-state index contributed by atoms with van der Waals surface area (Å²) in [6.45, 7) is 14.4. The van der Waals surface area contributed by atoms with Crippen LogP contribution >= 0.6 is 34.5 Å². The highest BCUT2D eigenvalue weighted by Gasteiger charge is 2.22. The van der Waals surface area contributed by atoms with E-state index in [1.807, 2.05) is 43.7 Å². The zero-order valence-corrected chi connectivity index (χ0v) is 38.4. The number of likely N-dealkylation sites (N-methyl/N-ethyl adjacent to an activating group) is 1. The molecule has 336 valence electrons. The molecule has 6 heterocycles. The molecule has 1 saturated heterocycles. The average molecular weight is 934 g/mol. The molecule has 0 bridgehead atoms. The van der Waals surface area contributed by atoms with E-state index < -0.39 is 11.6 Å². The lowest BCUT2D eigenvalue weighted by Gasteiger charge is -2.33. The first-order valence-corrected chi connectivity index (χ1v) is 22.4. The molecule has 19 heteroatoms. The van der Waals surface area contributed by atoms with E-state index in [0.29, 0.717) is 54.6 Å². The number of rotatable bonds is 13. The molecule has 0 spiro atoms. The summed E-state index contributed by atoms with van der Waals surface area (Å²) in [6, 6.07) is 14.5. The van der Waals surface area contributed by atoms with Crippen molar-refractivity contribution < 1.29 is 18.0 Å². The fraction of sp³-hybridized carbons (Fsp3) is 0.333. The second-order valence-electron chi connectivity index (χ2n) is 15.7. The summed E-state index contributed by atoms with van der Waals surface area (Å²) in [5.41, 5.74) is 10.1. The van der Waals surface area contributed by atoms with Gasteiger partial charge in [0.05, 0.1) is 33.5 Å². The number of imidazole rings is 1. The standard InChI is InChI=1S/C27H32F2N8.C18H17Cl2FN4OS/c1-5-35-8-10-36(11-9-35)16-19-6-7-24(30-14-19)33-27-31-15-22(29)25(34-27)20-12-21(28)26-23(13-20)37(17(2)3)18(4)32-26;1-25-16(14(19)9-23-25)13-7-15(27-17(13)20)18(26)24-12(8-22)6-10-3-2-4-11(21)5-10/h6-7,12-15,17H,5,8-11,16H2,1-4H3,(H,30,31,33,34);2-5,7,9,12H,6,8,22H2,1H3,(H,24,26). The lowest BCUT2D eigenvalue weighted by Crippen LogP contribution is -2.45. The summed E-state index contributed by atoms with van der Waals surface area (Å²) >= 11 is 13.6. The van der Waals surface area contributed by atoms with E-state index in [9.17, 15) is 18.0 Å². The molecule has 0 saturated carbocycles. The Hall–Kier alpha value is -5.43. The molecule has 64 heavy (non-hydrogen) atoms. The van der Waals surface area contributed by atoms with Crippen LogP contribution in [0.3, 0.4) is 0 Å². The molecule has 1 aliphatic rings. The number of anilines is 2. The zero-order chi connectivity index (χ0) is 45.7. The van der Waals surface area contributed by atoms with Crippen molar-refractivity contribution in [1.82, 2.24) is 49.4 Å². The number of aryl methyl sites for hydroxylation is 2. The van der Waals surface area contributed by atoms with Gasteiger partial charge in [-0.15, -0.1) is 11.3 Å². The van der Waals surface area contributed by atoms with Crippen LogP contribution in [0.25, 0.3) is 33.5 Å². The normalized spacial score (nSPS) is 13.9. The Bertz CT molecular complexity index is 2710. The largest absolute Gasteiger partial charge is 0.347 e. The van der Waals surface area contributed by atoms with Gasteiger partial charge in [-0.25, -0.2) is 33.1 Å². The molecule has 4 N–H and O–H groups in total. The number of pyridine rings is 1. The van der Waals surface area contributed by atoms with Gasteiger partial charge < -0.3 is 25.8 Å². The van der Waals surface area contributed by atoms with Crippen LogP contribution in [0.5, 0.6) is 0 Å². The van der Waals surface area contributed by atoms with E-state index in [0.717, 1.165) is 67.9 Å². The minimum absolute atomic E-state index is 0.00954. The summed E-state index contributed by atoms with van der Waals surface area (Å²) in [5.74, 6) is -0.340. The van der Waals surface area contributed by atoms with Crippen LogP contribution in [-0.2, 0) is 20.0 Å². The van der Waals surface area contributed by atoms with Crippen molar-refractivity contribution in [2.24, 2.45) is 12.8 Å². The van der Waals surface area contributed by atoms with Crippen molar-refractivity contribution >= 4 is 63.2 Å². The maximum Gasteiger partial charge on any atom is 0.261 e. The number of nitrogens with one attached hydrogen (secondary N) is 2. The molecular formula is C45H49Cl2F3N12OS. The second-order valence-corrected chi connectivity index (χ2v) is 17.8. The van der Waals surface area contributed by atoms with Gasteiger partial charge in [-0.3, -0.25) is 14.4 Å². The number of carbonyl (C=O) groups excluding carboxylic acids is 1. The number of thiophene rings is 1. The minimum atomic E-state index is -0.636. The molecular weight excluding hydrogens is 885 g/mol. The molecule has 1 unspecified atom stereocenters. The molecule has 5 aromatic heterocycles. The Kier molecular flexibility index (Phi) is 15.0. The maximum absolute atomic E-state index is 14.9. The fourth-order valence-electron chi connectivity index (χ4n) is 7.67. The van der Waals surface area contributed by atoms with Crippen LogP contribution in [0.2, 0.25) is 9.36 Å². The molecule has 13 nitrogen and oxygen atoms in total. The van der Waals surface area contributed by atoms with Gasteiger partial charge in [0, 0.05) is 75.7 Å². The van der Waals surface area contributed by atoms with Crippen LogP contribution < -0.4 is 16.4 Å². The van der Waals surface area contributed by atoms with Crippen LogP contribution in [0.1, 0.15) is 53.4 Å². The van der Waals surface area contributed by atoms with Crippen molar-refractivity contribution in [3.05, 3.63) is 122 Å². The molecule has 1 aliphatic heterocycles. The lowest BCUT2D eigenvalue weighted by atomic mass is 10.1. The smallest absolute Gasteiger partial charge is 0.261 e. The van der Waals surface area contributed by atoms with Gasteiger partial charge in [0.25, 0.3) is 5.91 Å². The van der Waals surface area contributed by atoms with E-state index in [1.165, 1.54) is 24.4 Å². The number of carbonyl (C=O) groups is 1. The monoisotopic (exact) mass is 932 g/mol. The first-order chi connectivity index (χ1) is 30.7. The molecule has 0 aliphatic carbocycles. The van der Waals surface area contributed by atoms with Crippen molar-refractivity contribution in [3.63, 3.8) is 0 Å². The van der Waals surface area contributed by atoms with Gasteiger partial charge in [0.1, 0.15) is 33.0 Å². The molecule has 0 radical (unpaired) electrons. The number of piperazine rings is 1.